The molecule has 0 unspecified atom stereocenters. The molecule has 0 aromatic carbocycles. The van der Waals surface area contributed by atoms with E-state index in [0.717, 1.165) is 6.21 Å². The minimum absolute atomic E-state index is 0.198. The lowest BCUT2D eigenvalue weighted by Gasteiger charge is -1.89. The zero-order valence-electron chi connectivity index (χ0n) is 4.71. The highest BCUT2D eigenvalue weighted by Crippen LogP contribution is 2.11. The summed E-state index contributed by atoms with van der Waals surface area (Å²) in [5.74, 6) is 3.35. The first-order chi connectivity index (χ1) is 4.59. The summed E-state index contributed by atoms with van der Waals surface area (Å²) in [7, 11) is 0. The Morgan fingerprint density at radius 3 is 2.40 bits per heavy atom. The number of rotatable bonds is 2. The van der Waals surface area contributed by atoms with E-state index in [-0.39, 0.29) is 5.03 Å². The molecule has 0 aromatic heterocycles. The number of nitrogens with two attached hydrogens (primary N) is 1. The van der Waals surface area contributed by atoms with Crippen molar-refractivity contribution >= 4 is 35.4 Å². The molecule has 0 aliphatic rings. The van der Waals surface area contributed by atoms with Gasteiger partial charge in [-0.2, -0.15) is 5.10 Å². The number of allylic oxidation sites excluding steroid dienone is 1. The van der Waals surface area contributed by atoms with Gasteiger partial charge in [0.15, 0.2) is 0 Å². The third kappa shape index (κ3) is 2.70. The Balaban J connectivity index is 4.50. The minimum atomic E-state index is -1.31. The molecular weight excluding hydrogens is 179 g/mol. The number of carboxylic acid groups (broad SMARTS) is 1. The summed E-state index contributed by atoms with van der Waals surface area (Å²) >= 11 is 10.4. The maximum atomic E-state index is 10.0. The lowest BCUT2D eigenvalue weighted by Crippen LogP contribution is -1.97. The fourth-order valence-electron chi connectivity index (χ4n) is 0.224. The van der Waals surface area contributed by atoms with Crippen LogP contribution in [0.4, 0.5) is 0 Å². The van der Waals surface area contributed by atoms with Crippen molar-refractivity contribution in [2.45, 2.75) is 0 Å². The van der Waals surface area contributed by atoms with Crippen LogP contribution in [0.25, 0.3) is 0 Å². The third-order valence-electron chi connectivity index (χ3n) is 0.585. The molecule has 6 heteroatoms. The molecule has 0 aromatic rings. The van der Waals surface area contributed by atoms with Crippen LogP contribution in [0.15, 0.2) is 15.2 Å². The first-order valence-electron chi connectivity index (χ1n) is 2.11. The third-order valence-corrected chi connectivity index (χ3v) is 1.33. The lowest BCUT2D eigenvalue weighted by molar-refractivity contribution is -0.131. The SMILES string of the molecule is N/N=C/C(Cl)=C(/Cl)C(=O)O. The van der Waals surface area contributed by atoms with Crippen LogP contribution in [0, 0.1) is 0 Å². The number of hydrazone groups is 1. The molecule has 0 spiro atoms. The molecule has 0 atom stereocenters. The van der Waals surface area contributed by atoms with Gasteiger partial charge in [0.25, 0.3) is 0 Å². The second kappa shape index (κ2) is 4.14. The topological polar surface area (TPSA) is 75.7 Å². The number of halogens is 2. The van der Waals surface area contributed by atoms with Gasteiger partial charge in [0.05, 0.1) is 11.2 Å². The van der Waals surface area contributed by atoms with Crippen molar-refractivity contribution in [3.8, 4) is 0 Å². The van der Waals surface area contributed by atoms with Crippen LogP contribution in [0.5, 0.6) is 0 Å². The van der Waals surface area contributed by atoms with E-state index in [9.17, 15) is 4.79 Å². The fraction of sp³-hybridized carbons (Fsp3) is 0. The van der Waals surface area contributed by atoms with Crippen molar-refractivity contribution in [1.82, 2.24) is 0 Å². The van der Waals surface area contributed by atoms with E-state index in [0.29, 0.717) is 0 Å². The molecule has 0 heterocycles. The van der Waals surface area contributed by atoms with E-state index in [1.807, 2.05) is 0 Å². The van der Waals surface area contributed by atoms with E-state index in [1.165, 1.54) is 0 Å². The number of carboxylic acids is 1. The fourth-order valence-corrected chi connectivity index (χ4v) is 0.410. The summed E-state index contributed by atoms with van der Waals surface area (Å²) < 4.78 is 0. The molecule has 0 amide bonds. The second-order valence-electron chi connectivity index (χ2n) is 1.25. The Morgan fingerprint density at radius 1 is 1.60 bits per heavy atom. The predicted octanol–water partition coefficient (Wildman–Crippen LogP) is 0.705. The van der Waals surface area contributed by atoms with Crippen LogP contribution >= 0.6 is 23.2 Å². The van der Waals surface area contributed by atoms with Crippen molar-refractivity contribution in [1.29, 1.82) is 0 Å². The summed E-state index contributed by atoms with van der Waals surface area (Å²) in [4.78, 5) is 10.0. The summed E-state index contributed by atoms with van der Waals surface area (Å²) in [6.45, 7) is 0. The summed E-state index contributed by atoms with van der Waals surface area (Å²) in [6, 6.07) is 0. The Labute approximate surface area is 66.9 Å². The zero-order chi connectivity index (χ0) is 8.15. The Hall–Kier alpha value is -0.740. The van der Waals surface area contributed by atoms with Crippen molar-refractivity contribution in [2.24, 2.45) is 10.9 Å². The Bertz CT molecular complexity index is 199. The maximum absolute atomic E-state index is 10.0. The first-order valence-corrected chi connectivity index (χ1v) is 2.87. The highest BCUT2D eigenvalue weighted by Gasteiger charge is 2.07. The number of hydrogen-bond acceptors (Lipinski definition) is 3. The Morgan fingerprint density at radius 2 is 2.10 bits per heavy atom. The van der Waals surface area contributed by atoms with Gasteiger partial charge in [0.2, 0.25) is 0 Å². The summed E-state index contributed by atoms with van der Waals surface area (Å²) in [6.07, 6.45) is 0.942. The van der Waals surface area contributed by atoms with Crippen LogP contribution in [0.3, 0.4) is 0 Å². The van der Waals surface area contributed by atoms with Crippen LogP contribution in [0.2, 0.25) is 0 Å². The molecule has 4 nitrogen and oxygen atoms in total. The van der Waals surface area contributed by atoms with E-state index in [2.05, 4.69) is 10.9 Å². The minimum Gasteiger partial charge on any atom is -0.477 e. The smallest absolute Gasteiger partial charge is 0.348 e. The standard InChI is InChI=1S/C4H4Cl2N2O2/c5-2(1-8-7)3(6)4(9)10/h1H,7H2,(H,9,10)/b3-2-,8-1+. The molecule has 0 radical (unpaired) electrons. The normalized spacial score (nSPS) is 13.4. The molecule has 0 saturated carbocycles. The van der Waals surface area contributed by atoms with Crippen LogP contribution in [-0.2, 0) is 4.79 Å². The molecule has 0 fully saturated rings. The van der Waals surface area contributed by atoms with Gasteiger partial charge < -0.3 is 10.9 Å². The molecule has 0 bridgehead atoms. The van der Waals surface area contributed by atoms with Crippen molar-refractivity contribution < 1.29 is 9.90 Å². The van der Waals surface area contributed by atoms with Gasteiger partial charge in [-0.3, -0.25) is 0 Å². The van der Waals surface area contributed by atoms with Gasteiger partial charge in [-0.1, -0.05) is 23.2 Å². The number of hydrogen-bond donors (Lipinski definition) is 2. The molecule has 0 rings (SSSR count). The number of nitrogens with zero attached hydrogens (tertiary/aromatic N) is 1. The molecule has 0 aliphatic heterocycles. The Kier molecular flexibility index (Phi) is 3.83. The number of carbonyl (C=O) groups is 1. The van der Waals surface area contributed by atoms with Gasteiger partial charge in [-0.05, 0) is 0 Å². The molecule has 0 aliphatic carbocycles. The molecule has 0 saturated heterocycles. The van der Waals surface area contributed by atoms with Crippen LogP contribution < -0.4 is 5.84 Å². The summed E-state index contributed by atoms with van der Waals surface area (Å²) in [5.41, 5.74) is 0. The van der Waals surface area contributed by atoms with Gasteiger partial charge >= 0.3 is 5.97 Å². The first kappa shape index (κ1) is 9.26. The highest BCUT2D eigenvalue weighted by molar-refractivity contribution is 6.51. The maximum Gasteiger partial charge on any atom is 0.348 e. The molecule has 3 N–H and O–H groups in total. The van der Waals surface area contributed by atoms with Gasteiger partial charge in [0, 0.05) is 0 Å². The predicted molar refractivity (Wildman–Crippen MR) is 39.0 cm³/mol. The highest BCUT2D eigenvalue weighted by atomic mass is 35.5. The largest absolute Gasteiger partial charge is 0.477 e. The lowest BCUT2D eigenvalue weighted by atomic mass is 10.5. The average Bonchev–Trinajstić information content (AvgIpc) is 1.87. The monoisotopic (exact) mass is 182 g/mol. The van der Waals surface area contributed by atoms with Crippen molar-refractivity contribution in [3.63, 3.8) is 0 Å². The zero-order valence-corrected chi connectivity index (χ0v) is 6.23. The molecule has 10 heavy (non-hydrogen) atoms. The molecule has 56 valence electrons. The van der Waals surface area contributed by atoms with Crippen LogP contribution in [0.1, 0.15) is 0 Å². The van der Waals surface area contributed by atoms with E-state index in [1.54, 1.807) is 0 Å². The summed E-state index contributed by atoms with van der Waals surface area (Å²) in [5, 5.41) is 10.5. The van der Waals surface area contributed by atoms with E-state index >= 15 is 0 Å². The van der Waals surface area contributed by atoms with Gasteiger partial charge in [-0.25, -0.2) is 4.79 Å². The van der Waals surface area contributed by atoms with Crippen molar-refractivity contribution in [3.05, 3.63) is 10.1 Å². The van der Waals surface area contributed by atoms with Gasteiger partial charge in [-0.15, -0.1) is 0 Å². The van der Waals surface area contributed by atoms with E-state index in [4.69, 9.17) is 28.3 Å². The van der Waals surface area contributed by atoms with E-state index < -0.39 is 11.0 Å². The van der Waals surface area contributed by atoms with Gasteiger partial charge in [0.1, 0.15) is 5.03 Å². The average molecular weight is 183 g/mol. The number of aliphatic carboxylic acids is 1. The second-order valence-corrected chi connectivity index (χ2v) is 2.03. The molecular formula is C4H4Cl2N2O2. The van der Waals surface area contributed by atoms with Crippen LogP contribution in [-0.4, -0.2) is 17.3 Å². The van der Waals surface area contributed by atoms with Crippen molar-refractivity contribution in [2.75, 3.05) is 0 Å². The quantitative estimate of drug-likeness (QED) is 0.286.